The Morgan fingerprint density at radius 1 is 1.38 bits per heavy atom. The van der Waals surface area contributed by atoms with Crippen LogP contribution in [0.2, 0.25) is 0 Å². The van der Waals surface area contributed by atoms with Crippen molar-refractivity contribution in [3.63, 3.8) is 0 Å². The van der Waals surface area contributed by atoms with Crippen molar-refractivity contribution in [1.82, 2.24) is 4.90 Å². The standard InChI is InChI=1S/C14H17BrN2O4/c15-10-1-3-11(4-2-10)16-13(18)8-17-5-6-21-9-12(17)7-14(19)20/h1-4,12H,5-9H2,(H,16,18)(H,19,20). The fraction of sp³-hybridized carbons (Fsp3) is 0.429. The number of morpholine rings is 1. The molecule has 1 heterocycles. The number of nitrogens with one attached hydrogen (secondary N) is 1. The third kappa shape index (κ3) is 5.11. The van der Waals surface area contributed by atoms with Gasteiger partial charge in [-0.2, -0.15) is 0 Å². The predicted octanol–water partition coefficient (Wildman–Crippen LogP) is 1.56. The number of carbonyl (C=O) groups is 2. The van der Waals surface area contributed by atoms with E-state index in [1.54, 1.807) is 12.1 Å². The molecule has 2 rings (SSSR count). The van der Waals surface area contributed by atoms with Gasteiger partial charge in [-0.25, -0.2) is 0 Å². The quantitative estimate of drug-likeness (QED) is 0.836. The van der Waals surface area contributed by atoms with Crippen molar-refractivity contribution in [1.29, 1.82) is 0 Å². The second-order valence-electron chi connectivity index (χ2n) is 4.85. The number of benzene rings is 1. The molecule has 1 atom stereocenters. The van der Waals surface area contributed by atoms with Gasteiger partial charge in [0.1, 0.15) is 0 Å². The molecular formula is C14H17BrN2O4. The smallest absolute Gasteiger partial charge is 0.305 e. The minimum Gasteiger partial charge on any atom is -0.481 e. The van der Waals surface area contributed by atoms with Gasteiger partial charge >= 0.3 is 5.97 Å². The van der Waals surface area contributed by atoms with Crippen LogP contribution in [-0.4, -0.2) is 54.2 Å². The molecule has 1 aliphatic rings. The number of carboxylic acid groups (broad SMARTS) is 1. The number of nitrogens with zero attached hydrogens (tertiary/aromatic N) is 1. The zero-order valence-corrected chi connectivity index (χ0v) is 13.0. The van der Waals surface area contributed by atoms with Gasteiger partial charge in [0.15, 0.2) is 0 Å². The van der Waals surface area contributed by atoms with Gasteiger partial charge in [0, 0.05) is 22.7 Å². The highest BCUT2D eigenvalue weighted by molar-refractivity contribution is 9.10. The summed E-state index contributed by atoms with van der Waals surface area (Å²) in [6, 6.07) is 7.04. The van der Waals surface area contributed by atoms with Gasteiger partial charge in [-0.15, -0.1) is 0 Å². The van der Waals surface area contributed by atoms with Gasteiger partial charge in [0.2, 0.25) is 5.91 Å². The number of carbonyl (C=O) groups excluding carboxylic acids is 1. The molecule has 0 aromatic heterocycles. The average Bonchev–Trinajstić information content (AvgIpc) is 2.43. The Bertz CT molecular complexity index is 506. The first-order valence-corrected chi connectivity index (χ1v) is 7.43. The summed E-state index contributed by atoms with van der Waals surface area (Å²) in [5, 5.41) is 11.7. The lowest BCUT2D eigenvalue weighted by atomic mass is 10.1. The van der Waals surface area contributed by atoms with Crippen LogP contribution in [0.1, 0.15) is 6.42 Å². The van der Waals surface area contributed by atoms with Crippen LogP contribution in [0.5, 0.6) is 0 Å². The number of ether oxygens (including phenoxy) is 1. The van der Waals surface area contributed by atoms with Crippen molar-refractivity contribution in [2.24, 2.45) is 0 Å². The van der Waals surface area contributed by atoms with E-state index in [0.717, 1.165) is 4.47 Å². The van der Waals surface area contributed by atoms with E-state index in [1.165, 1.54) is 0 Å². The first-order valence-electron chi connectivity index (χ1n) is 6.63. The number of hydrogen-bond acceptors (Lipinski definition) is 4. The van der Waals surface area contributed by atoms with Gasteiger partial charge in [0.25, 0.3) is 0 Å². The molecule has 0 radical (unpaired) electrons. The van der Waals surface area contributed by atoms with Crippen LogP contribution >= 0.6 is 15.9 Å². The van der Waals surface area contributed by atoms with Crippen LogP contribution in [-0.2, 0) is 14.3 Å². The van der Waals surface area contributed by atoms with E-state index < -0.39 is 5.97 Å². The molecule has 0 saturated carbocycles. The van der Waals surface area contributed by atoms with E-state index in [0.29, 0.717) is 25.4 Å². The second-order valence-corrected chi connectivity index (χ2v) is 5.77. The zero-order valence-electron chi connectivity index (χ0n) is 11.4. The van der Waals surface area contributed by atoms with Crippen molar-refractivity contribution in [3.8, 4) is 0 Å². The first-order chi connectivity index (χ1) is 10.0. The lowest BCUT2D eigenvalue weighted by molar-refractivity contribution is -0.141. The summed E-state index contributed by atoms with van der Waals surface area (Å²) in [7, 11) is 0. The minimum atomic E-state index is -0.885. The molecule has 114 valence electrons. The third-order valence-corrected chi connectivity index (χ3v) is 3.76. The highest BCUT2D eigenvalue weighted by Crippen LogP contribution is 2.15. The Morgan fingerprint density at radius 3 is 2.76 bits per heavy atom. The van der Waals surface area contributed by atoms with Crippen LogP contribution in [0.15, 0.2) is 28.7 Å². The maximum absolute atomic E-state index is 12.0. The summed E-state index contributed by atoms with van der Waals surface area (Å²) >= 11 is 3.33. The van der Waals surface area contributed by atoms with Crippen molar-refractivity contribution >= 4 is 33.5 Å². The molecule has 1 aromatic carbocycles. The number of aliphatic carboxylic acids is 1. The topological polar surface area (TPSA) is 78.9 Å². The maximum atomic E-state index is 12.0. The van der Waals surface area contributed by atoms with Gasteiger partial charge in [-0.1, -0.05) is 15.9 Å². The summed E-state index contributed by atoms with van der Waals surface area (Å²) in [4.78, 5) is 24.7. The van der Waals surface area contributed by atoms with Crippen molar-refractivity contribution < 1.29 is 19.4 Å². The number of carboxylic acids is 1. The van der Waals surface area contributed by atoms with E-state index in [9.17, 15) is 9.59 Å². The molecular weight excluding hydrogens is 340 g/mol. The van der Waals surface area contributed by atoms with Gasteiger partial charge in [-0.05, 0) is 24.3 Å². The number of anilines is 1. The Balaban J connectivity index is 1.90. The lowest BCUT2D eigenvalue weighted by Gasteiger charge is -2.34. The summed E-state index contributed by atoms with van der Waals surface area (Å²) in [5.74, 6) is -1.04. The van der Waals surface area contributed by atoms with Crippen molar-refractivity contribution in [2.75, 3.05) is 31.6 Å². The monoisotopic (exact) mass is 356 g/mol. The van der Waals surface area contributed by atoms with E-state index in [-0.39, 0.29) is 24.9 Å². The second kappa shape index (κ2) is 7.53. The molecule has 1 unspecified atom stereocenters. The fourth-order valence-corrected chi connectivity index (χ4v) is 2.47. The molecule has 1 aromatic rings. The van der Waals surface area contributed by atoms with E-state index in [4.69, 9.17) is 9.84 Å². The summed E-state index contributed by atoms with van der Waals surface area (Å²) in [6.45, 7) is 1.59. The third-order valence-electron chi connectivity index (χ3n) is 3.23. The molecule has 21 heavy (non-hydrogen) atoms. The van der Waals surface area contributed by atoms with Crippen LogP contribution in [0.3, 0.4) is 0 Å². The van der Waals surface area contributed by atoms with Crippen LogP contribution < -0.4 is 5.32 Å². The molecule has 1 fully saturated rings. The first kappa shape index (κ1) is 15.9. The Morgan fingerprint density at radius 2 is 2.10 bits per heavy atom. The van der Waals surface area contributed by atoms with Crippen LogP contribution in [0.4, 0.5) is 5.69 Å². The molecule has 1 aliphatic heterocycles. The van der Waals surface area contributed by atoms with Crippen molar-refractivity contribution in [3.05, 3.63) is 28.7 Å². The SMILES string of the molecule is O=C(O)CC1COCCN1CC(=O)Nc1ccc(Br)cc1. The highest BCUT2D eigenvalue weighted by atomic mass is 79.9. The van der Waals surface area contributed by atoms with Crippen LogP contribution in [0, 0.1) is 0 Å². The summed E-state index contributed by atoms with van der Waals surface area (Å²) < 4.78 is 6.22. The molecule has 6 nitrogen and oxygen atoms in total. The molecule has 0 aliphatic carbocycles. The average molecular weight is 357 g/mol. The van der Waals surface area contributed by atoms with E-state index in [2.05, 4.69) is 21.2 Å². The molecule has 0 spiro atoms. The lowest BCUT2D eigenvalue weighted by Crippen LogP contribution is -2.49. The van der Waals surface area contributed by atoms with E-state index in [1.807, 2.05) is 17.0 Å². The molecule has 2 N–H and O–H groups in total. The van der Waals surface area contributed by atoms with Crippen molar-refractivity contribution in [2.45, 2.75) is 12.5 Å². The minimum absolute atomic E-state index is 0.0223. The predicted molar refractivity (Wildman–Crippen MR) is 81.2 cm³/mol. The number of halogens is 1. The Kier molecular flexibility index (Phi) is 5.72. The molecule has 1 amide bonds. The van der Waals surface area contributed by atoms with Gasteiger partial charge < -0.3 is 15.2 Å². The van der Waals surface area contributed by atoms with E-state index >= 15 is 0 Å². The molecule has 7 heteroatoms. The van der Waals surface area contributed by atoms with Gasteiger partial charge in [-0.3, -0.25) is 14.5 Å². The molecule has 0 bridgehead atoms. The largest absolute Gasteiger partial charge is 0.481 e. The fourth-order valence-electron chi connectivity index (χ4n) is 2.21. The Hall–Kier alpha value is -1.44. The zero-order chi connectivity index (χ0) is 15.2. The number of rotatable bonds is 5. The summed E-state index contributed by atoms with van der Waals surface area (Å²) in [6.07, 6.45) is -0.0223. The number of amides is 1. The summed E-state index contributed by atoms with van der Waals surface area (Å²) in [5.41, 5.74) is 0.714. The van der Waals surface area contributed by atoms with Crippen LogP contribution in [0.25, 0.3) is 0 Å². The Labute approximate surface area is 131 Å². The van der Waals surface area contributed by atoms with Gasteiger partial charge in [0.05, 0.1) is 26.2 Å². The molecule has 1 saturated heterocycles. The highest BCUT2D eigenvalue weighted by Gasteiger charge is 2.26. The normalized spacial score (nSPS) is 19.2. The maximum Gasteiger partial charge on any atom is 0.305 e. The number of hydrogen-bond donors (Lipinski definition) is 2.